The number of benzene rings is 2. The Morgan fingerprint density at radius 2 is 1.60 bits per heavy atom. The summed E-state index contributed by atoms with van der Waals surface area (Å²) in [5, 5.41) is 58.3. The number of allylic oxidation sites excluding steroid dienone is 1. The highest BCUT2D eigenvalue weighted by Gasteiger charge is 2.76. The van der Waals surface area contributed by atoms with Crippen molar-refractivity contribution >= 4 is 34.8 Å². The molecule has 1 unspecified atom stereocenters. The molecule has 8 heteroatoms. The van der Waals surface area contributed by atoms with Crippen LogP contribution in [0.2, 0.25) is 0 Å². The molecule has 5 N–H and O–H groups in total. The first-order valence-corrected chi connectivity index (χ1v) is 13.1. The van der Waals surface area contributed by atoms with Crippen LogP contribution in [0.25, 0.3) is 17.4 Å². The maximum absolute atomic E-state index is 14.6. The maximum Gasteiger partial charge on any atom is 0.203 e. The molecule has 1 fully saturated rings. The van der Waals surface area contributed by atoms with E-state index in [2.05, 4.69) is 0 Å². The van der Waals surface area contributed by atoms with Crippen molar-refractivity contribution in [3.8, 4) is 5.75 Å². The Hall–Kier alpha value is -4.01. The number of phenols is 1. The van der Waals surface area contributed by atoms with E-state index in [1.165, 1.54) is 19.9 Å². The van der Waals surface area contributed by atoms with Gasteiger partial charge in [0.05, 0.1) is 22.7 Å². The molecule has 1 saturated carbocycles. The summed E-state index contributed by atoms with van der Waals surface area (Å²) in [5.41, 5.74) is -6.50. The second-order valence-electron chi connectivity index (χ2n) is 11.7. The van der Waals surface area contributed by atoms with Crippen molar-refractivity contribution in [2.75, 3.05) is 0 Å². The zero-order chi connectivity index (χ0) is 29.5. The van der Waals surface area contributed by atoms with Gasteiger partial charge >= 0.3 is 0 Å². The van der Waals surface area contributed by atoms with Crippen LogP contribution in [-0.2, 0) is 14.4 Å². The topological polar surface area (TPSA) is 152 Å². The number of fused-ring (bicyclic) bond motifs is 3. The molecule has 0 heterocycles. The SMILES string of the molecule is CC(=O)C1=C(O)[C@]2(O)C(=O)C3=C(O)c4c(O)cccc4/C(=C\c4ccccc4)[C@]3(C)[C@@H](O)[C@]2(C)C(C(C)C)C1=O. The van der Waals surface area contributed by atoms with Gasteiger partial charge in [-0.15, -0.1) is 0 Å². The van der Waals surface area contributed by atoms with Gasteiger partial charge in [-0.1, -0.05) is 69.3 Å². The Balaban J connectivity index is 1.96. The molecule has 208 valence electrons. The van der Waals surface area contributed by atoms with Crippen LogP contribution in [0.3, 0.4) is 0 Å². The average Bonchev–Trinajstić information content (AvgIpc) is 2.88. The third kappa shape index (κ3) is 3.11. The third-order valence-corrected chi connectivity index (χ3v) is 9.22. The Labute approximate surface area is 231 Å². The summed E-state index contributed by atoms with van der Waals surface area (Å²) in [6, 6.07) is 13.6. The second kappa shape index (κ2) is 8.74. The summed E-state index contributed by atoms with van der Waals surface area (Å²) in [5.74, 6) is -6.76. The van der Waals surface area contributed by atoms with Crippen molar-refractivity contribution in [3.05, 3.63) is 82.1 Å². The highest BCUT2D eigenvalue weighted by molar-refractivity contribution is 6.25. The third-order valence-electron chi connectivity index (χ3n) is 9.22. The van der Waals surface area contributed by atoms with Gasteiger partial charge in [0.1, 0.15) is 22.8 Å². The summed E-state index contributed by atoms with van der Waals surface area (Å²) in [6.45, 7) is 7.30. The van der Waals surface area contributed by atoms with Gasteiger partial charge in [-0.25, -0.2) is 0 Å². The fourth-order valence-corrected chi connectivity index (χ4v) is 7.41. The monoisotopic (exact) mass is 544 g/mol. The number of carbonyl (C=O) groups excluding carboxylic acids is 3. The number of aliphatic hydroxyl groups is 4. The van der Waals surface area contributed by atoms with E-state index in [-0.39, 0.29) is 11.3 Å². The summed E-state index contributed by atoms with van der Waals surface area (Å²) in [7, 11) is 0. The molecule has 0 amide bonds. The highest BCUT2D eigenvalue weighted by Crippen LogP contribution is 2.67. The lowest BCUT2D eigenvalue weighted by atomic mass is 9.41. The largest absolute Gasteiger partial charge is 0.508 e. The number of carbonyl (C=O) groups is 3. The molecule has 40 heavy (non-hydrogen) atoms. The van der Waals surface area contributed by atoms with Crippen LogP contribution >= 0.6 is 0 Å². The van der Waals surface area contributed by atoms with Crippen LogP contribution in [-0.4, -0.2) is 54.6 Å². The van der Waals surface area contributed by atoms with Gasteiger partial charge < -0.3 is 25.5 Å². The van der Waals surface area contributed by atoms with E-state index in [0.29, 0.717) is 16.7 Å². The summed E-state index contributed by atoms with van der Waals surface area (Å²) in [6.07, 6.45) is -0.0157. The number of aromatic hydroxyl groups is 1. The van der Waals surface area contributed by atoms with Crippen molar-refractivity contribution in [2.24, 2.45) is 22.7 Å². The molecule has 0 bridgehead atoms. The average molecular weight is 545 g/mol. The molecule has 3 aliphatic rings. The van der Waals surface area contributed by atoms with E-state index in [0.717, 1.165) is 6.92 Å². The molecule has 2 aromatic rings. The predicted molar refractivity (Wildman–Crippen MR) is 148 cm³/mol. The van der Waals surface area contributed by atoms with Gasteiger partial charge in [-0.05, 0) is 42.5 Å². The van der Waals surface area contributed by atoms with E-state index in [9.17, 15) is 39.9 Å². The summed E-state index contributed by atoms with van der Waals surface area (Å²) >= 11 is 0. The van der Waals surface area contributed by atoms with E-state index in [1.54, 1.807) is 56.3 Å². The van der Waals surface area contributed by atoms with Gasteiger partial charge in [0.15, 0.2) is 17.2 Å². The molecule has 3 aliphatic carbocycles. The van der Waals surface area contributed by atoms with Gasteiger partial charge in [-0.3, -0.25) is 14.4 Å². The van der Waals surface area contributed by atoms with Crippen LogP contribution in [0.4, 0.5) is 0 Å². The van der Waals surface area contributed by atoms with Crippen LogP contribution in [0.1, 0.15) is 51.3 Å². The van der Waals surface area contributed by atoms with E-state index < -0.39 is 74.4 Å². The first kappa shape index (κ1) is 27.6. The standard InChI is InChI=1S/C32H32O8/c1-15(2)23-25(35)21(16(3)33)27(37)32(40)28(38)24-26(36)22-18(12-9-13-20(22)34)19(14-17-10-7-6-8-11-17)30(24,4)29(39)31(23,32)5/h6-15,23,29,34,36-37,39-40H,1-5H3/b19-14+/t23?,29-,30+,31+,32+/m1/s1. The van der Waals surface area contributed by atoms with Crippen LogP contribution in [0.5, 0.6) is 5.75 Å². The fraction of sp³-hybridized carbons (Fsp3) is 0.344. The lowest BCUT2D eigenvalue weighted by molar-refractivity contribution is -0.207. The Kier molecular flexibility index (Phi) is 6.02. The second-order valence-corrected chi connectivity index (χ2v) is 11.7. The minimum absolute atomic E-state index is 0.0764. The minimum atomic E-state index is -2.93. The normalized spacial score (nSPS) is 32.8. The van der Waals surface area contributed by atoms with Crippen LogP contribution < -0.4 is 0 Å². The summed E-state index contributed by atoms with van der Waals surface area (Å²) < 4.78 is 0. The molecule has 0 aromatic heterocycles. The van der Waals surface area contributed by atoms with Crippen molar-refractivity contribution in [1.82, 2.24) is 0 Å². The number of rotatable bonds is 3. The molecular weight excluding hydrogens is 512 g/mol. The molecular formula is C32H32O8. The number of phenolic OH excluding ortho intramolecular Hbond substituents is 1. The van der Waals surface area contributed by atoms with E-state index in [1.807, 2.05) is 6.07 Å². The molecule has 5 atom stereocenters. The fourth-order valence-electron chi connectivity index (χ4n) is 7.41. The first-order chi connectivity index (χ1) is 18.7. The Bertz CT molecular complexity index is 1580. The lowest BCUT2D eigenvalue weighted by Crippen LogP contribution is -2.75. The quantitative estimate of drug-likeness (QED) is 0.361. The highest BCUT2D eigenvalue weighted by atomic mass is 16.4. The molecule has 0 radical (unpaired) electrons. The number of hydrogen-bond acceptors (Lipinski definition) is 8. The first-order valence-electron chi connectivity index (χ1n) is 13.1. The van der Waals surface area contributed by atoms with Crippen molar-refractivity contribution < 1.29 is 39.9 Å². The zero-order valence-electron chi connectivity index (χ0n) is 22.9. The van der Waals surface area contributed by atoms with Crippen molar-refractivity contribution in [3.63, 3.8) is 0 Å². The predicted octanol–water partition coefficient (Wildman–Crippen LogP) is 4.16. The Morgan fingerprint density at radius 1 is 0.975 bits per heavy atom. The van der Waals surface area contributed by atoms with Gasteiger partial charge in [-0.2, -0.15) is 0 Å². The number of ketones is 3. The minimum Gasteiger partial charge on any atom is -0.508 e. The smallest absolute Gasteiger partial charge is 0.203 e. The molecule has 5 rings (SSSR count). The van der Waals surface area contributed by atoms with Crippen molar-refractivity contribution in [2.45, 2.75) is 46.3 Å². The molecule has 8 nitrogen and oxygen atoms in total. The lowest BCUT2D eigenvalue weighted by Gasteiger charge is -2.62. The van der Waals surface area contributed by atoms with E-state index in [4.69, 9.17) is 0 Å². The van der Waals surface area contributed by atoms with Crippen LogP contribution in [0.15, 0.2) is 65.4 Å². The molecule has 2 aromatic carbocycles. The zero-order valence-corrected chi connectivity index (χ0v) is 22.9. The van der Waals surface area contributed by atoms with E-state index >= 15 is 0 Å². The van der Waals surface area contributed by atoms with Crippen molar-refractivity contribution in [1.29, 1.82) is 0 Å². The summed E-state index contributed by atoms with van der Waals surface area (Å²) in [4.78, 5) is 40.8. The van der Waals surface area contributed by atoms with Crippen LogP contribution in [0, 0.1) is 22.7 Å². The van der Waals surface area contributed by atoms with Gasteiger partial charge in [0.2, 0.25) is 5.78 Å². The Morgan fingerprint density at radius 3 is 2.17 bits per heavy atom. The van der Waals surface area contributed by atoms with Gasteiger partial charge in [0, 0.05) is 11.3 Å². The maximum atomic E-state index is 14.6. The molecule has 0 spiro atoms. The number of aliphatic hydroxyl groups excluding tert-OH is 3. The molecule has 0 saturated heterocycles. The number of hydrogen-bond donors (Lipinski definition) is 5. The number of Topliss-reactive ketones (excluding diaryl/α,β-unsaturated/α-hetero) is 3. The molecule has 0 aliphatic heterocycles. The van der Waals surface area contributed by atoms with Gasteiger partial charge in [0.25, 0.3) is 0 Å².